The minimum absolute atomic E-state index is 0.113. The molecule has 0 aliphatic heterocycles. The lowest BCUT2D eigenvalue weighted by Crippen LogP contribution is -2.36. The van der Waals surface area contributed by atoms with Crippen LogP contribution in [-0.4, -0.2) is 34.2 Å². The first-order chi connectivity index (χ1) is 9.81. The number of amides is 1. The van der Waals surface area contributed by atoms with Crippen LogP contribution in [0.15, 0.2) is 5.38 Å². The molecular weight excluding hydrogens is 290 g/mol. The standard InChI is InChI=1S/C14H19N3O3S/c1-14(2,3)20-13(19)17-12(15)10-9-21-11(16-10)7-5-4-6-8-18/h9,18H,4,6,8H2,1-3H3,(H2,15,17,19). The molecule has 6 nitrogen and oxygen atoms in total. The van der Waals surface area contributed by atoms with Gasteiger partial charge in [-0.2, -0.15) is 0 Å². The van der Waals surface area contributed by atoms with Crippen molar-refractivity contribution in [1.29, 1.82) is 5.41 Å². The highest BCUT2D eigenvalue weighted by molar-refractivity contribution is 7.10. The van der Waals surface area contributed by atoms with Crippen LogP contribution in [0.5, 0.6) is 0 Å². The van der Waals surface area contributed by atoms with Crippen molar-refractivity contribution in [2.45, 2.75) is 39.2 Å². The molecule has 0 saturated heterocycles. The molecule has 0 aliphatic carbocycles. The first-order valence-electron chi connectivity index (χ1n) is 6.46. The maximum atomic E-state index is 11.5. The summed E-state index contributed by atoms with van der Waals surface area (Å²) in [5.74, 6) is 5.61. The van der Waals surface area contributed by atoms with Crippen LogP contribution < -0.4 is 5.32 Å². The van der Waals surface area contributed by atoms with Crippen molar-refractivity contribution in [3.8, 4) is 11.8 Å². The molecule has 1 heterocycles. The van der Waals surface area contributed by atoms with Gasteiger partial charge in [0.1, 0.15) is 11.3 Å². The van der Waals surface area contributed by atoms with Crippen molar-refractivity contribution in [3.05, 3.63) is 16.1 Å². The number of nitrogens with one attached hydrogen (secondary N) is 2. The van der Waals surface area contributed by atoms with Crippen molar-refractivity contribution in [2.75, 3.05) is 6.61 Å². The molecule has 1 amide bonds. The summed E-state index contributed by atoms with van der Waals surface area (Å²) in [4.78, 5) is 15.7. The molecule has 7 heteroatoms. The van der Waals surface area contributed by atoms with Gasteiger partial charge in [-0.15, -0.1) is 11.3 Å². The predicted molar refractivity (Wildman–Crippen MR) is 81.5 cm³/mol. The molecule has 3 N–H and O–H groups in total. The van der Waals surface area contributed by atoms with Gasteiger partial charge in [-0.3, -0.25) is 10.7 Å². The topological polar surface area (TPSA) is 95.3 Å². The first-order valence-corrected chi connectivity index (χ1v) is 7.34. The molecule has 0 saturated carbocycles. The lowest BCUT2D eigenvalue weighted by molar-refractivity contribution is 0.0563. The molecule has 1 rings (SSSR count). The summed E-state index contributed by atoms with van der Waals surface area (Å²) in [6, 6.07) is 0. The molecule has 0 aromatic carbocycles. The van der Waals surface area contributed by atoms with Gasteiger partial charge in [-0.1, -0.05) is 5.92 Å². The number of carbonyl (C=O) groups excluding carboxylic acids is 1. The third kappa shape index (κ3) is 6.88. The molecule has 1 aromatic heterocycles. The van der Waals surface area contributed by atoms with Crippen LogP contribution in [0.2, 0.25) is 0 Å². The van der Waals surface area contributed by atoms with Gasteiger partial charge in [-0.05, 0) is 33.1 Å². The fraction of sp³-hybridized carbons (Fsp3) is 0.500. The number of alkyl carbamates (subject to hydrolysis) is 1. The Balaban J connectivity index is 2.57. The number of nitrogens with zero attached hydrogens (tertiary/aromatic N) is 1. The summed E-state index contributed by atoms with van der Waals surface area (Å²) in [5.41, 5.74) is -0.271. The number of rotatable bonds is 3. The van der Waals surface area contributed by atoms with Gasteiger partial charge >= 0.3 is 6.09 Å². The zero-order valence-electron chi connectivity index (χ0n) is 12.3. The normalized spacial score (nSPS) is 10.5. The van der Waals surface area contributed by atoms with Crippen molar-refractivity contribution >= 4 is 23.3 Å². The van der Waals surface area contributed by atoms with Crippen molar-refractivity contribution in [2.24, 2.45) is 0 Å². The molecule has 0 spiro atoms. The van der Waals surface area contributed by atoms with E-state index in [0.29, 0.717) is 23.5 Å². The van der Waals surface area contributed by atoms with Crippen molar-refractivity contribution < 1.29 is 14.6 Å². The van der Waals surface area contributed by atoms with E-state index in [2.05, 4.69) is 22.1 Å². The summed E-state index contributed by atoms with van der Waals surface area (Å²) in [5, 5.41) is 21.0. The zero-order valence-corrected chi connectivity index (χ0v) is 13.1. The quantitative estimate of drug-likeness (QED) is 0.345. The van der Waals surface area contributed by atoms with Gasteiger partial charge in [0.05, 0.1) is 0 Å². The maximum Gasteiger partial charge on any atom is 0.413 e. The Kier molecular flexibility index (Phi) is 6.34. The number of hydrogen-bond donors (Lipinski definition) is 3. The number of aromatic nitrogens is 1. The Labute approximate surface area is 128 Å². The SMILES string of the molecule is CC(C)(C)OC(=O)NC(=N)c1csc(C#CCCCO)n1. The van der Waals surface area contributed by atoms with E-state index >= 15 is 0 Å². The van der Waals surface area contributed by atoms with Crippen LogP contribution in [0.4, 0.5) is 4.79 Å². The number of thiazole rings is 1. The lowest BCUT2D eigenvalue weighted by atomic mass is 10.2. The van der Waals surface area contributed by atoms with E-state index in [9.17, 15) is 4.79 Å². The second kappa shape index (κ2) is 7.76. The van der Waals surface area contributed by atoms with Crippen molar-refractivity contribution in [3.63, 3.8) is 0 Å². The van der Waals surface area contributed by atoms with Gasteiger partial charge in [0.25, 0.3) is 0 Å². The summed E-state index contributed by atoms with van der Waals surface area (Å²) >= 11 is 1.30. The number of hydrogen-bond acceptors (Lipinski definition) is 6. The van der Waals surface area contributed by atoms with E-state index in [1.807, 2.05) is 0 Å². The molecule has 21 heavy (non-hydrogen) atoms. The molecular formula is C14H19N3O3S. The van der Waals surface area contributed by atoms with E-state index in [1.165, 1.54) is 11.3 Å². The smallest absolute Gasteiger partial charge is 0.413 e. The van der Waals surface area contributed by atoms with Gasteiger partial charge in [-0.25, -0.2) is 9.78 Å². The highest BCUT2D eigenvalue weighted by Crippen LogP contribution is 2.10. The number of aliphatic hydroxyl groups excluding tert-OH is 1. The molecule has 0 radical (unpaired) electrons. The van der Waals surface area contributed by atoms with Gasteiger partial charge < -0.3 is 9.84 Å². The molecule has 114 valence electrons. The van der Waals surface area contributed by atoms with E-state index in [-0.39, 0.29) is 12.4 Å². The van der Waals surface area contributed by atoms with Gasteiger partial charge in [0.2, 0.25) is 0 Å². The van der Waals surface area contributed by atoms with Crippen LogP contribution in [0, 0.1) is 17.3 Å². The average molecular weight is 309 g/mol. The summed E-state index contributed by atoms with van der Waals surface area (Å²) < 4.78 is 5.06. The maximum absolute atomic E-state index is 11.5. The van der Waals surface area contributed by atoms with Crippen molar-refractivity contribution in [1.82, 2.24) is 10.3 Å². The third-order valence-corrected chi connectivity index (χ3v) is 2.80. The summed E-state index contributed by atoms with van der Waals surface area (Å²) in [7, 11) is 0. The Morgan fingerprint density at radius 1 is 1.57 bits per heavy atom. The van der Waals surface area contributed by atoms with Crippen LogP contribution in [0.1, 0.15) is 44.3 Å². The molecule has 0 fully saturated rings. The molecule has 0 atom stereocenters. The fourth-order valence-electron chi connectivity index (χ4n) is 1.22. The second-order valence-corrected chi connectivity index (χ2v) is 6.03. The van der Waals surface area contributed by atoms with E-state index in [4.69, 9.17) is 15.3 Å². The predicted octanol–water partition coefficient (Wildman–Crippen LogP) is 2.12. The van der Waals surface area contributed by atoms with E-state index in [0.717, 1.165) is 0 Å². The Bertz CT molecular complexity index is 564. The third-order valence-electron chi connectivity index (χ3n) is 2.04. The second-order valence-electron chi connectivity index (χ2n) is 5.17. The fourth-order valence-corrected chi connectivity index (χ4v) is 1.90. The highest BCUT2D eigenvalue weighted by atomic mass is 32.1. The molecule has 0 bridgehead atoms. The Hall–Kier alpha value is -1.91. The molecule has 1 aromatic rings. The molecule has 0 unspecified atom stereocenters. The summed E-state index contributed by atoms with van der Waals surface area (Å²) in [6.45, 7) is 5.36. The van der Waals surface area contributed by atoms with Crippen LogP contribution >= 0.6 is 11.3 Å². The highest BCUT2D eigenvalue weighted by Gasteiger charge is 2.18. The Morgan fingerprint density at radius 3 is 2.90 bits per heavy atom. The lowest BCUT2D eigenvalue weighted by Gasteiger charge is -2.19. The van der Waals surface area contributed by atoms with E-state index in [1.54, 1.807) is 26.2 Å². The van der Waals surface area contributed by atoms with E-state index < -0.39 is 11.7 Å². The van der Waals surface area contributed by atoms with Crippen LogP contribution in [0.3, 0.4) is 0 Å². The van der Waals surface area contributed by atoms with Gasteiger partial charge in [0, 0.05) is 18.4 Å². The van der Waals surface area contributed by atoms with Crippen LogP contribution in [-0.2, 0) is 4.74 Å². The van der Waals surface area contributed by atoms with Crippen LogP contribution in [0.25, 0.3) is 0 Å². The number of unbranched alkanes of at least 4 members (excludes halogenated alkanes) is 1. The minimum atomic E-state index is -0.684. The molecule has 0 aliphatic rings. The zero-order chi connectivity index (χ0) is 15.9. The number of carbonyl (C=O) groups is 1. The number of ether oxygens (including phenoxy) is 1. The summed E-state index contributed by atoms with van der Waals surface area (Å²) in [6.07, 6.45) is 0.538. The first kappa shape index (κ1) is 17.1. The Morgan fingerprint density at radius 2 is 2.29 bits per heavy atom. The largest absolute Gasteiger partial charge is 0.444 e. The monoisotopic (exact) mass is 309 g/mol. The van der Waals surface area contributed by atoms with Gasteiger partial charge in [0.15, 0.2) is 10.8 Å². The minimum Gasteiger partial charge on any atom is -0.444 e. The average Bonchev–Trinajstić information content (AvgIpc) is 2.81. The number of amidine groups is 1. The number of aliphatic hydroxyl groups is 1.